The van der Waals surface area contributed by atoms with Gasteiger partial charge in [0.15, 0.2) is 5.69 Å². The number of hydrogen-bond donors (Lipinski definition) is 1. The number of nitrogens with zero attached hydrogens (tertiary/aromatic N) is 3. The van der Waals surface area contributed by atoms with Crippen LogP contribution >= 0.6 is 0 Å². The van der Waals surface area contributed by atoms with Gasteiger partial charge in [0.05, 0.1) is 11.1 Å². The minimum atomic E-state index is -5.22. The van der Waals surface area contributed by atoms with E-state index in [1.165, 1.54) is 0 Å². The first-order chi connectivity index (χ1) is 14.7. The Morgan fingerprint density at radius 2 is 1.28 bits per heavy atom. The average molecular weight is 466 g/mol. The Balaban J connectivity index is 2.28. The fourth-order valence-electron chi connectivity index (χ4n) is 2.72. The maximum atomic E-state index is 13.2. The van der Waals surface area contributed by atoms with E-state index in [-0.39, 0.29) is 23.0 Å². The largest absolute Gasteiger partial charge is 0.573 e. The number of aromatic nitrogens is 3. The molecule has 0 atom stereocenters. The molecular formula is C18H7F9N4O. The van der Waals surface area contributed by atoms with Gasteiger partial charge in [-0.2, -0.15) is 31.6 Å². The third kappa shape index (κ3) is 5.10. The number of nitriles is 1. The van der Waals surface area contributed by atoms with Crippen LogP contribution in [0, 0.1) is 11.3 Å². The van der Waals surface area contributed by atoms with Gasteiger partial charge in [0, 0.05) is 5.56 Å². The van der Waals surface area contributed by atoms with E-state index in [2.05, 4.69) is 20.1 Å². The van der Waals surface area contributed by atoms with Crippen molar-refractivity contribution in [1.82, 2.24) is 15.4 Å². The predicted molar refractivity (Wildman–Crippen MR) is 88.7 cm³/mol. The maximum absolute atomic E-state index is 13.2. The zero-order valence-electron chi connectivity index (χ0n) is 15.1. The lowest BCUT2D eigenvalue weighted by Crippen LogP contribution is -2.17. The van der Waals surface area contributed by atoms with Crippen LogP contribution < -0.4 is 4.74 Å². The minimum Gasteiger partial charge on any atom is -0.406 e. The van der Waals surface area contributed by atoms with Crippen LogP contribution in [0.2, 0.25) is 0 Å². The summed E-state index contributed by atoms with van der Waals surface area (Å²) in [6, 6.07) is 4.52. The number of H-pyrrole nitrogens is 1. The lowest BCUT2D eigenvalue weighted by atomic mass is 9.96. The van der Waals surface area contributed by atoms with Crippen LogP contribution in [0.15, 0.2) is 36.4 Å². The van der Waals surface area contributed by atoms with Gasteiger partial charge in [-0.1, -0.05) is 5.21 Å². The Kier molecular flexibility index (Phi) is 5.54. The number of hydrogen-bond acceptors (Lipinski definition) is 4. The Morgan fingerprint density at radius 1 is 0.750 bits per heavy atom. The molecule has 1 N–H and O–H groups in total. The standard InChI is InChI=1S/C18H7F9N4O/c19-16(20,21)11-2-9(3-12(6-11)17(22,23)24)8-1-10(15-14(7-28)29-31-30-15)5-13(4-8)32-18(25,26)27/h1-6H,(H,29,30,31). The Hall–Kier alpha value is -3.76. The highest BCUT2D eigenvalue weighted by Crippen LogP contribution is 2.40. The van der Waals surface area contributed by atoms with E-state index in [4.69, 9.17) is 5.26 Å². The van der Waals surface area contributed by atoms with Crippen LogP contribution in [0.1, 0.15) is 16.8 Å². The molecule has 0 aliphatic rings. The SMILES string of the molecule is N#Cc1[nH]nnc1-c1cc(OC(F)(F)F)cc(-c2cc(C(F)(F)F)cc(C(F)(F)F)c2)c1. The summed E-state index contributed by atoms with van der Waals surface area (Å²) in [5, 5.41) is 18.0. The van der Waals surface area contributed by atoms with Crippen molar-refractivity contribution in [3.05, 3.63) is 53.2 Å². The molecule has 0 bridgehead atoms. The van der Waals surface area contributed by atoms with Crippen molar-refractivity contribution in [2.45, 2.75) is 18.7 Å². The molecule has 1 heterocycles. The van der Waals surface area contributed by atoms with E-state index in [0.29, 0.717) is 18.2 Å². The molecule has 0 spiro atoms. The quantitative estimate of drug-likeness (QED) is 0.485. The fraction of sp³-hybridized carbons (Fsp3) is 0.167. The molecule has 3 aromatic rings. The maximum Gasteiger partial charge on any atom is 0.573 e. The molecule has 0 fully saturated rings. The molecule has 0 amide bonds. The summed E-state index contributed by atoms with van der Waals surface area (Å²) in [7, 11) is 0. The second kappa shape index (κ2) is 7.74. The first-order valence-corrected chi connectivity index (χ1v) is 8.19. The normalized spacial score (nSPS) is 12.5. The smallest absolute Gasteiger partial charge is 0.406 e. The molecule has 0 radical (unpaired) electrons. The summed E-state index contributed by atoms with van der Waals surface area (Å²) < 4.78 is 121. The van der Waals surface area contributed by atoms with Crippen LogP contribution in [0.5, 0.6) is 5.75 Å². The molecule has 168 valence electrons. The lowest BCUT2D eigenvalue weighted by Gasteiger charge is -2.16. The highest BCUT2D eigenvalue weighted by Gasteiger charge is 2.37. The minimum absolute atomic E-state index is 0.119. The average Bonchev–Trinajstić information content (AvgIpc) is 3.13. The van der Waals surface area contributed by atoms with E-state index in [1.54, 1.807) is 6.07 Å². The zero-order chi connectivity index (χ0) is 23.9. The van der Waals surface area contributed by atoms with Crippen molar-refractivity contribution in [3.63, 3.8) is 0 Å². The van der Waals surface area contributed by atoms with Crippen molar-refractivity contribution >= 4 is 0 Å². The number of rotatable bonds is 3. The number of benzene rings is 2. The van der Waals surface area contributed by atoms with Crippen LogP contribution in [0.25, 0.3) is 22.4 Å². The second-order valence-corrected chi connectivity index (χ2v) is 6.24. The molecule has 5 nitrogen and oxygen atoms in total. The van der Waals surface area contributed by atoms with Gasteiger partial charge in [-0.25, -0.2) is 5.10 Å². The zero-order valence-corrected chi connectivity index (χ0v) is 15.1. The molecule has 1 aromatic heterocycles. The van der Waals surface area contributed by atoms with Gasteiger partial charge < -0.3 is 4.74 Å². The Bertz CT molecular complexity index is 1150. The van der Waals surface area contributed by atoms with Crippen molar-refractivity contribution in [1.29, 1.82) is 5.26 Å². The van der Waals surface area contributed by atoms with Gasteiger partial charge >= 0.3 is 18.7 Å². The number of ether oxygens (including phenoxy) is 1. The van der Waals surface area contributed by atoms with Crippen LogP contribution in [-0.4, -0.2) is 21.8 Å². The first-order valence-electron chi connectivity index (χ1n) is 8.19. The van der Waals surface area contributed by atoms with Gasteiger partial charge in [0.1, 0.15) is 17.5 Å². The van der Waals surface area contributed by atoms with E-state index < -0.39 is 46.7 Å². The molecule has 0 saturated carbocycles. The van der Waals surface area contributed by atoms with Crippen LogP contribution in [0.4, 0.5) is 39.5 Å². The summed E-state index contributed by atoms with van der Waals surface area (Å²) in [6.07, 6.45) is -15.6. The van der Waals surface area contributed by atoms with Crippen molar-refractivity contribution in [3.8, 4) is 34.2 Å². The summed E-state index contributed by atoms with van der Waals surface area (Å²) >= 11 is 0. The Morgan fingerprint density at radius 3 is 1.78 bits per heavy atom. The number of alkyl halides is 9. The third-order valence-corrected chi connectivity index (χ3v) is 3.99. The van der Waals surface area contributed by atoms with E-state index in [9.17, 15) is 39.5 Å². The van der Waals surface area contributed by atoms with Gasteiger partial charge in [-0.3, -0.25) is 0 Å². The van der Waals surface area contributed by atoms with Crippen LogP contribution in [0.3, 0.4) is 0 Å². The molecular weight excluding hydrogens is 459 g/mol. The predicted octanol–water partition coefficient (Wildman–Crippen LogP) is 5.95. The highest BCUT2D eigenvalue weighted by molar-refractivity contribution is 5.76. The van der Waals surface area contributed by atoms with Crippen molar-refractivity contribution in [2.75, 3.05) is 0 Å². The van der Waals surface area contributed by atoms with Gasteiger partial charge in [-0.05, 0) is 47.5 Å². The molecule has 14 heteroatoms. The highest BCUT2D eigenvalue weighted by atomic mass is 19.4. The van der Waals surface area contributed by atoms with Gasteiger partial charge in [-0.15, -0.1) is 18.3 Å². The molecule has 0 aliphatic heterocycles. The molecule has 32 heavy (non-hydrogen) atoms. The summed E-state index contributed by atoms with van der Waals surface area (Å²) in [5.41, 5.74) is -5.36. The van der Waals surface area contributed by atoms with Crippen LogP contribution in [-0.2, 0) is 12.4 Å². The molecule has 0 unspecified atom stereocenters. The lowest BCUT2D eigenvalue weighted by molar-refractivity contribution is -0.274. The van der Waals surface area contributed by atoms with Gasteiger partial charge in [0.25, 0.3) is 0 Å². The Labute approximate surface area is 172 Å². The van der Waals surface area contributed by atoms with E-state index >= 15 is 0 Å². The number of aromatic amines is 1. The summed E-state index contributed by atoms with van der Waals surface area (Å²) in [5.74, 6) is -0.956. The topological polar surface area (TPSA) is 74.6 Å². The summed E-state index contributed by atoms with van der Waals surface area (Å²) in [6.45, 7) is 0. The second-order valence-electron chi connectivity index (χ2n) is 6.24. The first kappa shape index (κ1) is 22.9. The molecule has 0 saturated heterocycles. The molecule has 2 aromatic carbocycles. The van der Waals surface area contributed by atoms with Crippen molar-refractivity contribution < 1.29 is 44.3 Å². The van der Waals surface area contributed by atoms with Crippen molar-refractivity contribution in [2.24, 2.45) is 0 Å². The summed E-state index contributed by atoms with van der Waals surface area (Å²) in [4.78, 5) is 0. The monoisotopic (exact) mass is 466 g/mol. The number of nitrogens with one attached hydrogen (secondary N) is 1. The van der Waals surface area contributed by atoms with Gasteiger partial charge in [0.2, 0.25) is 0 Å². The fourth-order valence-corrected chi connectivity index (χ4v) is 2.72. The molecule has 0 aliphatic carbocycles. The number of halogens is 9. The molecule has 3 rings (SSSR count). The van der Waals surface area contributed by atoms with E-state index in [0.717, 1.165) is 12.1 Å². The van der Waals surface area contributed by atoms with E-state index in [1.807, 2.05) is 0 Å². The third-order valence-electron chi connectivity index (χ3n) is 3.99.